The van der Waals surface area contributed by atoms with Crippen LogP contribution in [0.4, 0.5) is 4.39 Å². The molecule has 0 aliphatic carbocycles. The third-order valence-electron chi connectivity index (χ3n) is 3.42. The number of benzene rings is 1. The Balaban J connectivity index is 2.04. The lowest BCUT2D eigenvalue weighted by molar-refractivity contribution is 0.371. The molecule has 2 rings (SSSR count). The van der Waals surface area contributed by atoms with Crippen LogP contribution in [0, 0.1) is 5.92 Å². The van der Waals surface area contributed by atoms with Gasteiger partial charge in [-0.1, -0.05) is 28.1 Å². The minimum Gasteiger partial charge on any atom is -0.316 e. The predicted octanol–water partition coefficient (Wildman–Crippen LogP) is 4.02. The number of hydrogen-bond donors (Lipinski definition) is 1. The van der Waals surface area contributed by atoms with Gasteiger partial charge in [-0.25, -0.2) is 4.39 Å². The lowest BCUT2D eigenvalue weighted by atomic mass is 9.92. The number of rotatable bonds is 3. The monoisotopic (exact) mass is 299 g/mol. The minimum atomic E-state index is -0.908. The van der Waals surface area contributed by atoms with Crippen LogP contribution in [0.1, 0.15) is 37.1 Å². The molecule has 0 bridgehead atoms. The number of hydrogen-bond acceptors (Lipinski definition) is 1. The van der Waals surface area contributed by atoms with Gasteiger partial charge in [0.1, 0.15) is 6.17 Å². The highest BCUT2D eigenvalue weighted by Crippen LogP contribution is 2.28. The van der Waals surface area contributed by atoms with Crippen LogP contribution in [0.15, 0.2) is 22.7 Å². The van der Waals surface area contributed by atoms with Gasteiger partial charge >= 0.3 is 0 Å². The second kappa shape index (κ2) is 5.96. The molecule has 0 saturated carbocycles. The predicted molar refractivity (Wildman–Crippen MR) is 73.0 cm³/mol. The van der Waals surface area contributed by atoms with Crippen molar-refractivity contribution in [2.24, 2.45) is 5.92 Å². The molecule has 1 aliphatic heterocycles. The summed E-state index contributed by atoms with van der Waals surface area (Å²) in [4.78, 5) is 0. The van der Waals surface area contributed by atoms with Gasteiger partial charge in [-0.2, -0.15) is 0 Å². The maximum Gasteiger partial charge on any atom is 0.123 e. The highest BCUT2D eigenvalue weighted by atomic mass is 79.9. The fourth-order valence-electron chi connectivity index (χ4n) is 2.45. The van der Waals surface area contributed by atoms with Gasteiger partial charge in [0, 0.05) is 4.47 Å². The van der Waals surface area contributed by atoms with E-state index in [4.69, 9.17) is 0 Å². The Bertz CT molecular complexity index is 372. The molecule has 1 aromatic rings. The Morgan fingerprint density at radius 1 is 1.53 bits per heavy atom. The second-order valence-corrected chi connectivity index (χ2v) is 5.74. The van der Waals surface area contributed by atoms with Crippen molar-refractivity contribution in [2.45, 2.75) is 32.4 Å². The summed E-state index contributed by atoms with van der Waals surface area (Å²) in [5.74, 6) is 0.726. The first-order chi connectivity index (χ1) is 8.16. The Hall–Kier alpha value is -0.410. The van der Waals surface area contributed by atoms with E-state index in [0.717, 1.165) is 35.5 Å². The molecular weight excluding hydrogens is 281 g/mol. The maximum absolute atomic E-state index is 13.2. The van der Waals surface area contributed by atoms with Crippen LogP contribution >= 0.6 is 15.9 Å². The van der Waals surface area contributed by atoms with E-state index in [-0.39, 0.29) is 0 Å². The average Bonchev–Trinajstić information content (AvgIpc) is 2.30. The molecule has 2 atom stereocenters. The summed E-state index contributed by atoms with van der Waals surface area (Å²) in [6, 6.07) is 6.03. The fraction of sp³-hybridized carbons (Fsp3) is 0.571. The zero-order chi connectivity index (χ0) is 12.3. The number of nitrogens with one attached hydrogen (secondary N) is 1. The van der Waals surface area contributed by atoms with Gasteiger partial charge in [0.25, 0.3) is 0 Å². The first kappa shape index (κ1) is 13.0. The smallest absolute Gasteiger partial charge is 0.123 e. The molecule has 0 radical (unpaired) electrons. The van der Waals surface area contributed by atoms with Crippen molar-refractivity contribution in [3.05, 3.63) is 33.8 Å². The van der Waals surface area contributed by atoms with Gasteiger partial charge in [0.15, 0.2) is 0 Å². The Morgan fingerprint density at radius 2 is 2.35 bits per heavy atom. The molecule has 1 fully saturated rings. The lowest BCUT2D eigenvalue weighted by Crippen LogP contribution is -2.30. The van der Waals surface area contributed by atoms with Crippen LogP contribution in [-0.4, -0.2) is 13.1 Å². The zero-order valence-electron chi connectivity index (χ0n) is 10.2. The Morgan fingerprint density at radius 3 is 2.94 bits per heavy atom. The standard InChI is InChI=1S/C14H19BrFN/c1-10(16)13-5-4-11(8-14(13)15)7-12-3-2-6-17-9-12/h4-5,8,10,12,17H,2-3,6-7,9H2,1H3. The van der Waals surface area contributed by atoms with Crippen LogP contribution in [0.5, 0.6) is 0 Å². The topological polar surface area (TPSA) is 12.0 Å². The molecular formula is C14H19BrFN. The summed E-state index contributed by atoms with van der Waals surface area (Å²) in [5, 5.41) is 3.43. The van der Waals surface area contributed by atoms with Crippen molar-refractivity contribution < 1.29 is 4.39 Å². The maximum atomic E-state index is 13.2. The van der Waals surface area contributed by atoms with Crippen LogP contribution in [0.25, 0.3) is 0 Å². The first-order valence-electron chi connectivity index (χ1n) is 6.30. The highest BCUT2D eigenvalue weighted by Gasteiger charge is 2.14. The first-order valence-corrected chi connectivity index (χ1v) is 7.09. The van der Waals surface area contributed by atoms with Crippen molar-refractivity contribution in [1.29, 1.82) is 0 Å². The molecule has 17 heavy (non-hydrogen) atoms. The minimum absolute atomic E-state index is 0.726. The van der Waals surface area contributed by atoms with E-state index in [1.54, 1.807) is 6.92 Å². The van der Waals surface area contributed by atoms with E-state index in [9.17, 15) is 4.39 Å². The molecule has 1 aromatic carbocycles. The Kier molecular flexibility index (Phi) is 4.57. The van der Waals surface area contributed by atoms with E-state index in [1.165, 1.54) is 18.4 Å². The number of halogens is 2. The molecule has 2 unspecified atom stereocenters. The number of alkyl halides is 1. The van der Waals surface area contributed by atoms with E-state index < -0.39 is 6.17 Å². The quantitative estimate of drug-likeness (QED) is 0.889. The van der Waals surface area contributed by atoms with Crippen LogP contribution < -0.4 is 5.32 Å². The third kappa shape index (κ3) is 3.52. The summed E-state index contributed by atoms with van der Waals surface area (Å²) in [6.07, 6.45) is 2.75. The van der Waals surface area contributed by atoms with Crippen molar-refractivity contribution >= 4 is 15.9 Å². The van der Waals surface area contributed by atoms with Crippen molar-refractivity contribution in [3.8, 4) is 0 Å². The fourth-order valence-corrected chi connectivity index (χ4v) is 3.19. The van der Waals surface area contributed by atoms with Crippen LogP contribution in [0.2, 0.25) is 0 Å². The normalized spacial score (nSPS) is 22.4. The van der Waals surface area contributed by atoms with Gasteiger partial charge < -0.3 is 5.32 Å². The summed E-state index contributed by atoms with van der Waals surface area (Å²) in [6.45, 7) is 3.84. The van der Waals surface area contributed by atoms with E-state index >= 15 is 0 Å². The molecule has 1 N–H and O–H groups in total. The van der Waals surface area contributed by atoms with Gasteiger partial charge in [0.05, 0.1) is 0 Å². The molecule has 94 valence electrons. The third-order valence-corrected chi connectivity index (χ3v) is 4.10. The molecule has 0 aromatic heterocycles. The molecule has 3 heteroatoms. The molecule has 1 heterocycles. The van der Waals surface area contributed by atoms with Crippen molar-refractivity contribution in [3.63, 3.8) is 0 Å². The van der Waals surface area contributed by atoms with Gasteiger partial charge in [0.2, 0.25) is 0 Å². The summed E-state index contributed by atoms with van der Waals surface area (Å²) in [5.41, 5.74) is 2.05. The Labute approximate surface area is 111 Å². The molecule has 0 spiro atoms. The van der Waals surface area contributed by atoms with Gasteiger partial charge in [-0.15, -0.1) is 0 Å². The van der Waals surface area contributed by atoms with Gasteiger partial charge in [-0.05, 0) is 62.4 Å². The molecule has 0 amide bonds. The largest absolute Gasteiger partial charge is 0.316 e. The molecule has 1 saturated heterocycles. The van der Waals surface area contributed by atoms with Crippen LogP contribution in [-0.2, 0) is 6.42 Å². The zero-order valence-corrected chi connectivity index (χ0v) is 11.8. The van der Waals surface area contributed by atoms with Crippen molar-refractivity contribution in [1.82, 2.24) is 5.32 Å². The van der Waals surface area contributed by atoms with Crippen molar-refractivity contribution in [2.75, 3.05) is 13.1 Å². The summed E-state index contributed by atoms with van der Waals surface area (Å²) < 4.78 is 14.1. The number of piperidine rings is 1. The van der Waals surface area contributed by atoms with E-state index in [2.05, 4.69) is 33.4 Å². The van der Waals surface area contributed by atoms with E-state index in [1.807, 2.05) is 6.07 Å². The highest BCUT2D eigenvalue weighted by molar-refractivity contribution is 9.10. The average molecular weight is 300 g/mol. The second-order valence-electron chi connectivity index (χ2n) is 4.89. The lowest BCUT2D eigenvalue weighted by Gasteiger charge is -2.23. The molecule has 1 aliphatic rings. The summed E-state index contributed by atoms with van der Waals surface area (Å²) in [7, 11) is 0. The van der Waals surface area contributed by atoms with Gasteiger partial charge in [-0.3, -0.25) is 0 Å². The van der Waals surface area contributed by atoms with E-state index in [0.29, 0.717) is 0 Å². The SMILES string of the molecule is CC(F)c1ccc(CC2CCCNC2)cc1Br. The van der Waals surface area contributed by atoms with Crippen LogP contribution in [0.3, 0.4) is 0 Å². The summed E-state index contributed by atoms with van der Waals surface area (Å²) >= 11 is 3.46. The molecule has 1 nitrogen and oxygen atoms in total.